The summed E-state index contributed by atoms with van der Waals surface area (Å²) in [6.45, 7) is 1.40. The number of hydrogen-bond acceptors (Lipinski definition) is 2. The molecule has 4 nitrogen and oxygen atoms in total. The topological polar surface area (TPSA) is 49.3 Å². The van der Waals surface area contributed by atoms with Crippen LogP contribution in [0, 0.1) is 0 Å². The van der Waals surface area contributed by atoms with Crippen molar-refractivity contribution < 1.29 is 0 Å². The Labute approximate surface area is 155 Å². The van der Waals surface area contributed by atoms with Gasteiger partial charge in [0, 0.05) is 25.7 Å². The van der Waals surface area contributed by atoms with E-state index in [0.717, 1.165) is 18.2 Å². The molecule has 3 rings (SSSR count). The third-order valence-electron chi connectivity index (χ3n) is 4.26. The molecule has 0 aliphatic carbocycles. The van der Waals surface area contributed by atoms with Gasteiger partial charge in [-0.25, -0.2) is 0 Å². The molecule has 0 aliphatic heterocycles. The number of aromatic nitrogens is 1. The summed E-state index contributed by atoms with van der Waals surface area (Å²) in [5.41, 5.74) is 3.55. The van der Waals surface area contributed by atoms with E-state index in [1.54, 1.807) is 13.2 Å². The summed E-state index contributed by atoms with van der Waals surface area (Å²) >= 11 is 0. The molecule has 1 aromatic heterocycles. The number of nitrogens with zero attached hydrogens (tertiary/aromatic N) is 2. The number of aliphatic imine (C=N–C) groups is 1. The highest BCUT2D eigenvalue weighted by molar-refractivity contribution is 5.79. The molecule has 26 heavy (non-hydrogen) atoms. The van der Waals surface area contributed by atoms with Gasteiger partial charge in [0.1, 0.15) is 0 Å². The molecule has 0 fully saturated rings. The van der Waals surface area contributed by atoms with Crippen LogP contribution in [0.5, 0.6) is 0 Å². The van der Waals surface area contributed by atoms with Gasteiger partial charge in [0.15, 0.2) is 5.96 Å². The lowest BCUT2D eigenvalue weighted by atomic mass is 9.91. The summed E-state index contributed by atoms with van der Waals surface area (Å²) in [4.78, 5) is 8.66. The highest BCUT2D eigenvalue weighted by Crippen LogP contribution is 2.23. The minimum Gasteiger partial charge on any atom is -0.355 e. The van der Waals surface area contributed by atoms with Crippen molar-refractivity contribution in [1.29, 1.82) is 0 Å². The van der Waals surface area contributed by atoms with Gasteiger partial charge in [-0.2, -0.15) is 0 Å². The van der Waals surface area contributed by atoms with Crippen molar-refractivity contribution in [3.63, 3.8) is 0 Å². The molecule has 0 radical (unpaired) electrons. The van der Waals surface area contributed by atoms with Crippen molar-refractivity contribution >= 4 is 5.96 Å². The molecular formula is C22H24N4. The van der Waals surface area contributed by atoms with Gasteiger partial charge < -0.3 is 10.6 Å². The van der Waals surface area contributed by atoms with E-state index in [9.17, 15) is 0 Å². The zero-order valence-electron chi connectivity index (χ0n) is 15.0. The van der Waals surface area contributed by atoms with Gasteiger partial charge >= 0.3 is 0 Å². The summed E-state index contributed by atoms with van der Waals surface area (Å²) < 4.78 is 0. The Kier molecular flexibility index (Phi) is 6.37. The zero-order valence-corrected chi connectivity index (χ0v) is 15.0. The van der Waals surface area contributed by atoms with Crippen LogP contribution in [0.15, 0.2) is 90.1 Å². The number of guanidine groups is 1. The first kappa shape index (κ1) is 17.7. The van der Waals surface area contributed by atoms with Crippen molar-refractivity contribution in [2.75, 3.05) is 13.6 Å². The minimum atomic E-state index is 0.255. The monoisotopic (exact) mass is 344 g/mol. The number of hydrogen-bond donors (Lipinski definition) is 2. The summed E-state index contributed by atoms with van der Waals surface area (Å²) in [7, 11) is 1.79. The van der Waals surface area contributed by atoms with E-state index < -0.39 is 0 Å². The molecule has 0 spiro atoms. The number of rotatable bonds is 6. The number of pyridine rings is 1. The molecule has 4 heteroatoms. The fourth-order valence-electron chi connectivity index (χ4n) is 2.90. The Hall–Kier alpha value is -3.14. The van der Waals surface area contributed by atoms with Gasteiger partial charge in [-0.1, -0.05) is 66.7 Å². The molecule has 2 N–H and O–H groups in total. The third kappa shape index (κ3) is 4.93. The number of nitrogens with one attached hydrogen (secondary N) is 2. The molecule has 0 saturated heterocycles. The first-order valence-corrected chi connectivity index (χ1v) is 8.81. The molecule has 0 unspecified atom stereocenters. The lowest BCUT2D eigenvalue weighted by Gasteiger charge is -2.20. The van der Waals surface area contributed by atoms with Crippen LogP contribution >= 0.6 is 0 Å². The SMILES string of the molecule is CN=C(NCc1ccccn1)NCC(c1ccccc1)c1ccccc1. The molecular weight excluding hydrogens is 320 g/mol. The van der Waals surface area contributed by atoms with Crippen molar-refractivity contribution in [2.24, 2.45) is 4.99 Å². The van der Waals surface area contributed by atoms with Crippen LogP contribution < -0.4 is 10.6 Å². The van der Waals surface area contributed by atoms with E-state index >= 15 is 0 Å². The molecule has 2 aromatic carbocycles. The summed E-state index contributed by atoms with van der Waals surface area (Å²) in [6.07, 6.45) is 1.80. The molecule has 0 atom stereocenters. The van der Waals surface area contributed by atoms with Gasteiger partial charge in [-0.3, -0.25) is 9.98 Å². The maximum Gasteiger partial charge on any atom is 0.191 e. The Morgan fingerprint density at radius 1 is 0.846 bits per heavy atom. The Morgan fingerprint density at radius 2 is 1.46 bits per heavy atom. The fourth-order valence-corrected chi connectivity index (χ4v) is 2.90. The van der Waals surface area contributed by atoms with Crippen molar-refractivity contribution in [3.05, 3.63) is 102 Å². The van der Waals surface area contributed by atoms with Crippen molar-refractivity contribution in [3.8, 4) is 0 Å². The Bertz CT molecular complexity index is 762. The molecule has 0 bridgehead atoms. The maximum atomic E-state index is 4.33. The smallest absolute Gasteiger partial charge is 0.191 e. The average molecular weight is 344 g/mol. The van der Waals surface area contributed by atoms with Crippen LogP contribution in [0.4, 0.5) is 0 Å². The second kappa shape index (κ2) is 9.37. The van der Waals surface area contributed by atoms with E-state index in [0.29, 0.717) is 6.54 Å². The second-order valence-electron chi connectivity index (χ2n) is 6.00. The molecule has 0 saturated carbocycles. The highest BCUT2D eigenvalue weighted by atomic mass is 15.2. The quantitative estimate of drug-likeness (QED) is 0.531. The molecule has 132 valence electrons. The van der Waals surface area contributed by atoms with Gasteiger partial charge in [0.05, 0.1) is 12.2 Å². The van der Waals surface area contributed by atoms with Crippen LogP contribution in [0.25, 0.3) is 0 Å². The van der Waals surface area contributed by atoms with Gasteiger partial charge in [0.25, 0.3) is 0 Å². The van der Waals surface area contributed by atoms with Crippen molar-refractivity contribution in [2.45, 2.75) is 12.5 Å². The van der Waals surface area contributed by atoms with Crippen LogP contribution in [0.1, 0.15) is 22.7 Å². The van der Waals surface area contributed by atoms with E-state index in [4.69, 9.17) is 0 Å². The Morgan fingerprint density at radius 3 is 2.00 bits per heavy atom. The van der Waals surface area contributed by atoms with Crippen LogP contribution in [0.3, 0.4) is 0 Å². The minimum absolute atomic E-state index is 0.255. The molecule has 1 heterocycles. The number of benzene rings is 2. The van der Waals surface area contributed by atoms with E-state index in [2.05, 4.69) is 69.1 Å². The summed E-state index contributed by atoms with van der Waals surface area (Å²) in [5, 5.41) is 6.77. The summed E-state index contributed by atoms with van der Waals surface area (Å²) in [6, 6.07) is 27.0. The first-order valence-electron chi connectivity index (χ1n) is 8.81. The predicted molar refractivity (Wildman–Crippen MR) is 107 cm³/mol. The van der Waals surface area contributed by atoms with Crippen LogP contribution in [-0.2, 0) is 6.54 Å². The van der Waals surface area contributed by atoms with Gasteiger partial charge in [-0.15, -0.1) is 0 Å². The van der Waals surface area contributed by atoms with E-state index in [1.165, 1.54) is 11.1 Å². The van der Waals surface area contributed by atoms with E-state index in [1.807, 2.05) is 30.3 Å². The van der Waals surface area contributed by atoms with Crippen LogP contribution in [0.2, 0.25) is 0 Å². The average Bonchev–Trinajstić information content (AvgIpc) is 2.73. The maximum absolute atomic E-state index is 4.33. The molecule has 3 aromatic rings. The summed E-state index contributed by atoms with van der Waals surface area (Å²) in [5.74, 6) is 1.03. The second-order valence-corrected chi connectivity index (χ2v) is 6.00. The third-order valence-corrected chi connectivity index (χ3v) is 4.26. The highest BCUT2D eigenvalue weighted by Gasteiger charge is 2.14. The van der Waals surface area contributed by atoms with Gasteiger partial charge in [0.2, 0.25) is 0 Å². The lowest BCUT2D eigenvalue weighted by molar-refractivity contribution is 0.724. The van der Waals surface area contributed by atoms with Gasteiger partial charge in [-0.05, 0) is 23.3 Å². The molecule has 0 amide bonds. The largest absolute Gasteiger partial charge is 0.355 e. The lowest BCUT2D eigenvalue weighted by Crippen LogP contribution is -2.39. The normalized spacial score (nSPS) is 11.4. The predicted octanol–water partition coefficient (Wildman–Crippen LogP) is 3.58. The van der Waals surface area contributed by atoms with E-state index in [-0.39, 0.29) is 5.92 Å². The zero-order chi connectivity index (χ0) is 18.0. The molecule has 0 aliphatic rings. The van der Waals surface area contributed by atoms with Crippen LogP contribution in [-0.4, -0.2) is 24.5 Å². The standard InChI is InChI=1S/C22H24N4/c1-23-22(25-16-20-14-8-9-15-24-20)26-17-21(18-10-4-2-5-11-18)19-12-6-3-7-13-19/h2-15,21H,16-17H2,1H3,(H2,23,25,26). The Balaban J connectivity index is 1.67. The fraction of sp³-hybridized carbons (Fsp3) is 0.182. The first-order chi connectivity index (χ1) is 12.9. The van der Waals surface area contributed by atoms with Crippen molar-refractivity contribution in [1.82, 2.24) is 15.6 Å².